The number of amides is 1. The van der Waals surface area contributed by atoms with E-state index < -0.39 is 0 Å². The molecule has 1 aliphatic heterocycles. The Morgan fingerprint density at radius 3 is 3.00 bits per heavy atom. The number of carbonyl (C=O) groups is 1. The summed E-state index contributed by atoms with van der Waals surface area (Å²) in [5.41, 5.74) is 0.884. The van der Waals surface area contributed by atoms with Gasteiger partial charge in [-0.3, -0.25) is 9.69 Å². The summed E-state index contributed by atoms with van der Waals surface area (Å²) >= 11 is 0. The molecule has 0 bridgehead atoms. The SMILES string of the molecule is Cc1cc(CN2CCCC2C(=O)N(C)C)on1. The third-order valence-corrected chi connectivity index (χ3v) is 3.13. The molecule has 1 fully saturated rings. The van der Waals surface area contributed by atoms with Crippen LogP contribution in [0.5, 0.6) is 0 Å². The Morgan fingerprint density at radius 2 is 2.41 bits per heavy atom. The van der Waals surface area contributed by atoms with Crippen LogP contribution in [0.2, 0.25) is 0 Å². The molecule has 0 radical (unpaired) electrons. The second kappa shape index (κ2) is 4.87. The molecule has 94 valence electrons. The van der Waals surface area contributed by atoms with Crippen LogP contribution in [0, 0.1) is 6.92 Å². The number of rotatable bonds is 3. The summed E-state index contributed by atoms with van der Waals surface area (Å²) in [5.74, 6) is 1.01. The molecule has 5 nitrogen and oxygen atoms in total. The fraction of sp³-hybridized carbons (Fsp3) is 0.667. The van der Waals surface area contributed by atoms with Crippen LogP contribution < -0.4 is 0 Å². The average Bonchev–Trinajstić information content (AvgIpc) is 2.87. The molecule has 1 aromatic rings. The third-order valence-electron chi connectivity index (χ3n) is 3.13. The molecule has 0 N–H and O–H groups in total. The molecular weight excluding hydrogens is 218 g/mol. The van der Waals surface area contributed by atoms with E-state index in [4.69, 9.17) is 4.52 Å². The van der Waals surface area contributed by atoms with Crippen LogP contribution in [0.4, 0.5) is 0 Å². The normalized spacial score (nSPS) is 20.8. The van der Waals surface area contributed by atoms with Crippen molar-refractivity contribution in [1.82, 2.24) is 15.0 Å². The van der Waals surface area contributed by atoms with Crippen molar-refractivity contribution in [3.8, 4) is 0 Å². The van der Waals surface area contributed by atoms with E-state index in [1.165, 1.54) is 0 Å². The van der Waals surface area contributed by atoms with E-state index in [0.717, 1.165) is 30.8 Å². The summed E-state index contributed by atoms with van der Waals surface area (Å²) in [6.07, 6.45) is 2.00. The van der Waals surface area contributed by atoms with Crippen LogP contribution in [0.1, 0.15) is 24.3 Å². The first-order valence-electron chi connectivity index (χ1n) is 5.95. The first-order valence-corrected chi connectivity index (χ1v) is 5.95. The Morgan fingerprint density at radius 1 is 1.65 bits per heavy atom. The molecule has 1 amide bonds. The van der Waals surface area contributed by atoms with Crippen molar-refractivity contribution in [2.45, 2.75) is 32.4 Å². The topological polar surface area (TPSA) is 49.6 Å². The predicted octanol–water partition coefficient (Wildman–Crippen LogP) is 1.04. The Kier molecular flexibility index (Phi) is 3.47. The van der Waals surface area contributed by atoms with Gasteiger partial charge in [-0.15, -0.1) is 0 Å². The lowest BCUT2D eigenvalue weighted by molar-refractivity contribution is -0.133. The van der Waals surface area contributed by atoms with Crippen LogP contribution >= 0.6 is 0 Å². The van der Waals surface area contributed by atoms with Crippen molar-refractivity contribution in [1.29, 1.82) is 0 Å². The summed E-state index contributed by atoms with van der Waals surface area (Å²) in [6, 6.07) is 1.92. The lowest BCUT2D eigenvalue weighted by atomic mass is 10.2. The number of hydrogen-bond donors (Lipinski definition) is 0. The van der Waals surface area contributed by atoms with Crippen LogP contribution in [0.3, 0.4) is 0 Å². The smallest absolute Gasteiger partial charge is 0.239 e. The van der Waals surface area contributed by atoms with Gasteiger partial charge in [0.1, 0.15) is 0 Å². The van der Waals surface area contributed by atoms with E-state index in [-0.39, 0.29) is 11.9 Å². The fourth-order valence-electron chi connectivity index (χ4n) is 2.28. The highest BCUT2D eigenvalue weighted by Gasteiger charge is 2.32. The summed E-state index contributed by atoms with van der Waals surface area (Å²) in [4.78, 5) is 15.8. The van der Waals surface area contributed by atoms with Crippen LogP contribution in [0.25, 0.3) is 0 Å². The number of hydrogen-bond acceptors (Lipinski definition) is 4. The molecule has 1 aromatic heterocycles. The van der Waals surface area contributed by atoms with E-state index >= 15 is 0 Å². The van der Waals surface area contributed by atoms with E-state index in [1.54, 1.807) is 19.0 Å². The van der Waals surface area contributed by atoms with Crippen molar-refractivity contribution in [3.05, 3.63) is 17.5 Å². The van der Waals surface area contributed by atoms with Gasteiger partial charge < -0.3 is 9.42 Å². The van der Waals surface area contributed by atoms with E-state index in [9.17, 15) is 4.79 Å². The maximum absolute atomic E-state index is 12.0. The van der Waals surface area contributed by atoms with Gasteiger partial charge in [0.15, 0.2) is 5.76 Å². The predicted molar refractivity (Wildman–Crippen MR) is 63.4 cm³/mol. The van der Waals surface area contributed by atoms with Gasteiger partial charge in [0.2, 0.25) is 5.91 Å². The molecule has 1 aliphatic rings. The van der Waals surface area contributed by atoms with E-state index in [0.29, 0.717) is 6.54 Å². The standard InChI is InChI=1S/C12H19N3O2/c1-9-7-10(17-13-9)8-15-6-4-5-11(15)12(16)14(2)3/h7,11H,4-6,8H2,1-3H3. The number of carbonyl (C=O) groups excluding carboxylic acids is 1. The van der Waals surface area contributed by atoms with Crippen molar-refractivity contribution >= 4 is 5.91 Å². The van der Waals surface area contributed by atoms with E-state index in [1.807, 2.05) is 13.0 Å². The maximum atomic E-state index is 12.0. The van der Waals surface area contributed by atoms with Crippen molar-refractivity contribution in [3.63, 3.8) is 0 Å². The molecule has 1 saturated heterocycles. The van der Waals surface area contributed by atoms with Gasteiger partial charge in [-0.2, -0.15) is 0 Å². The Hall–Kier alpha value is -1.36. The highest BCUT2D eigenvalue weighted by atomic mass is 16.5. The monoisotopic (exact) mass is 237 g/mol. The minimum atomic E-state index is -0.00425. The van der Waals surface area contributed by atoms with Crippen molar-refractivity contribution in [2.24, 2.45) is 0 Å². The van der Waals surface area contributed by atoms with Crippen LogP contribution in [-0.4, -0.2) is 47.5 Å². The first-order chi connectivity index (χ1) is 8.08. The second-order valence-corrected chi connectivity index (χ2v) is 4.80. The van der Waals surface area contributed by atoms with E-state index in [2.05, 4.69) is 10.1 Å². The number of nitrogens with zero attached hydrogens (tertiary/aromatic N) is 3. The average molecular weight is 237 g/mol. The number of aromatic nitrogens is 1. The molecule has 0 spiro atoms. The number of likely N-dealkylation sites (tertiary alicyclic amines) is 1. The zero-order valence-electron chi connectivity index (χ0n) is 10.6. The Balaban J connectivity index is 2.02. The van der Waals surface area contributed by atoms with Gasteiger partial charge in [0, 0.05) is 20.2 Å². The van der Waals surface area contributed by atoms with Gasteiger partial charge in [-0.05, 0) is 26.3 Å². The lowest BCUT2D eigenvalue weighted by Crippen LogP contribution is -2.42. The van der Waals surface area contributed by atoms with Gasteiger partial charge >= 0.3 is 0 Å². The molecule has 5 heteroatoms. The van der Waals surface area contributed by atoms with Crippen molar-refractivity contribution in [2.75, 3.05) is 20.6 Å². The van der Waals surface area contributed by atoms with Gasteiger partial charge in [-0.1, -0.05) is 5.16 Å². The summed E-state index contributed by atoms with van der Waals surface area (Å²) < 4.78 is 5.20. The number of aryl methyl sites for hydroxylation is 1. The fourth-order valence-corrected chi connectivity index (χ4v) is 2.28. The first kappa shape index (κ1) is 12.1. The summed E-state index contributed by atoms with van der Waals surface area (Å²) in [6.45, 7) is 3.52. The van der Waals surface area contributed by atoms with Crippen LogP contribution in [-0.2, 0) is 11.3 Å². The molecule has 2 heterocycles. The molecular formula is C12H19N3O2. The van der Waals surface area contributed by atoms with Crippen LogP contribution in [0.15, 0.2) is 10.6 Å². The molecule has 0 aromatic carbocycles. The summed E-state index contributed by atoms with van der Waals surface area (Å²) in [7, 11) is 3.61. The largest absolute Gasteiger partial charge is 0.360 e. The zero-order chi connectivity index (χ0) is 12.4. The molecule has 0 saturated carbocycles. The third kappa shape index (κ3) is 2.66. The van der Waals surface area contributed by atoms with Crippen molar-refractivity contribution < 1.29 is 9.32 Å². The Labute approximate surface area is 101 Å². The lowest BCUT2D eigenvalue weighted by Gasteiger charge is -2.24. The second-order valence-electron chi connectivity index (χ2n) is 4.80. The highest BCUT2D eigenvalue weighted by Crippen LogP contribution is 2.21. The zero-order valence-corrected chi connectivity index (χ0v) is 10.6. The highest BCUT2D eigenvalue weighted by molar-refractivity contribution is 5.81. The minimum absolute atomic E-state index is 0.00425. The summed E-state index contributed by atoms with van der Waals surface area (Å²) in [5, 5.41) is 3.87. The molecule has 0 aliphatic carbocycles. The quantitative estimate of drug-likeness (QED) is 0.788. The van der Waals surface area contributed by atoms with Gasteiger partial charge in [0.05, 0.1) is 18.3 Å². The molecule has 1 unspecified atom stereocenters. The van der Waals surface area contributed by atoms with Gasteiger partial charge in [-0.25, -0.2) is 0 Å². The number of likely N-dealkylation sites (N-methyl/N-ethyl adjacent to an activating group) is 1. The van der Waals surface area contributed by atoms with Gasteiger partial charge in [0.25, 0.3) is 0 Å². The minimum Gasteiger partial charge on any atom is -0.360 e. The Bertz CT molecular complexity index is 400. The molecule has 1 atom stereocenters. The maximum Gasteiger partial charge on any atom is 0.239 e. The molecule has 2 rings (SSSR count). The molecule has 17 heavy (non-hydrogen) atoms.